The Morgan fingerprint density at radius 2 is 2.03 bits per heavy atom. The normalized spacial score (nSPS) is 11.7. The average molecular weight is 402 g/mol. The molecular formula is C19H22N4O6. The predicted octanol–water partition coefficient (Wildman–Crippen LogP) is 2.66. The number of non-ortho nitro benzene ring substituents is 1. The summed E-state index contributed by atoms with van der Waals surface area (Å²) in [6, 6.07) is 8.73. The predicted molar refractivity (Wildman–Crippen MR) is 108 cm³/mol. The first-order chi connectivity index (χ1) is 13.8. The Kier molecular flexibility index (Phi) is 7.35. The van der Waals surface area contributed by atoms with Crippen LogP contribution in [0, 0.1) is 10.1 Å². The van der Waals surface area contributed by atoms with Crippen molar-refractivity contribution in [3.8, 4) is 17.2 Å². The highest BCUT2D eigenvalue weighted by Gasteiger charge is 2.16. The second-order valence-corrected chi connectivity index (χ2v) is 5.90. The number of aromatic hydroxyl groups is 1. The molecule has 154 valence electrons. The summed E-state index contributed by atoms with van der Waals surface area (Å²) in [5.74, 6) is -0.104. The van der Waals surface area contributed by atoms with E-state index < -0.39 is 16.9 Å². The van der Waals surface area contributed by atoms with Gasteiger partial charge >= 0.3 is 0 Å². The maximum Gasteiger partial charge on any atom is 0.274 e. The van der Waals surface area contributed by atoms with Gasteiger partial charge in [0.15, 0.2) is 11.5 Å². The maximum atomic E-state index is 12.2. The Bertz CT molecular complexity index is 898. The second kappa shape index (κ2) is 9.93. The quantitative estimate of drug-likeness (QED) is 0.333. The zero-order valence-corrected chi connectivity index (χ0v) is 16.2. The molecule has 0 aliphatic carbocycles. The number of phenols is 1. The first-order valence-corrected chi connectivity index (χ1v) is 8.73. The average Bonchev–Trinajstić information content (AvgIpc) is 2.70. The largest absolute Gasteiger partial charge is 0.504 e. The smallest absolute Gasteiger partial charge is 0.274 e. The van der Waals surface area contributed by atoms with E-state index in [0.29, 0.717) is 6.61 Å². The SMILES string of the molecule is CCOc1ccc(NC(C)C(=O)N/N=C/c2cc([N+](=O)[O-])cc(OC)c2O)cc1. The molecule has 1 unspecified atom stereocenters. The number of nitro groups is 1. The number of benzene rings is 2. The van der Waals surface area contributed by atoms with Crippen LogP contribution in [-0.2, 0) is 4.79 Å². The van der Waals surface area contributed by atoms with E-state index in [1.165, 1.54) is 7.11 Å². The Morgan fingerprint density at radius 1 is 1.34 bits per heavy atom. The second-order valence-electron chi connectivity index (χ2n) is 5.90. The zero-order chi connectivity index (χ0) is 21.4. The number of anilines is 1. The van der Waals surface area contributed by atoms with E-state index in [-0.39, 0.29) is 22.7 Å². The van der Waals surface area contributed by atoms with Crippen molar-refractivity contribution in [1.82, 2.24) is 5.43 Å². The summed E-state index contributed by atoms with van der Waals surface area (Å²) in [4.78, 5) is 22.5. The van der Waals surface area contributed by atoms with Crippen molar-refractivity contribution < 1.29 is 24.3 Å². The molecule has 0 aromatic heterocycles. The number of rotatable bonds is 9. The number of ether oxygens (including phenoxy) is 2. The molecular weight excluding hydrogens is 380 g/mol. The molecule has 0 saturated carbocycles. The van der Waals surface area contributed by atoms with Crippen LogP contribution in [0.3, 0.4) is 0 Å². The van der Waals surface area contributed by atoms with Crippen molar-refractivity contribution in [3.63, 3.8) is 0 Å². The number of nitrogens with one attached hydrogen (secondary N) is 2. The Balaban J connectivity index is 2.01. The van der Waals surface area contributed by atoms with Crippen LogP contribution in [0.15, 0.2) is 41.5 Å². The van der Waals surface area contributed by atoms with Crippen molar-refractivity contribution in [1.29, 1.82) is 0 Å². The molecule has 3 N–H and O–H groups in total. The van der Waals surface area contributed by atoms with Gasteiger partial charge in [-0.1, -0.05) is 0 Å². The first-order valence-electron chi connectivity index (χ1n) is 8.73. The molecule has 0 heterocycles. The molecule has 0 bridgehead atoms. The molecule has 0 aliphatic heterocycles. The molecule has 0 aliphatic rings. The van der Waals surface area contributed by atoms with E-state index in [1.807, 2.05) is 6.92 Å². The fraction of sp³-hybridized carbons (Fsp3) is 0.263. The number of hydrogen-bond acceptors (Lipinski definition) is 8. The number of phenolic OH excluding ortho intramolecular Hbond substituents is 1. The van der Waals surface area contributed by atoms with Gasteiger partial charge in [0.2, 0.25) is 0 Å². The minimum absolute atomic E-state index is 0.0310. The minimum Gasteiger partial charge on any atom is -0.504 e. The van der Waals surface area contributed by atoms with Crippen LogP contribution in [0.1, 0.15) is 19.4 Å². The van der Waals surface area contributed by atoms with Gasteiger partial charge in [0, 0.05) is 17.3 Å². The van der Waals surface area contributed by atoms with Gasteiger partial charge in [0.05, 0.1) is 30.9 Å². The Hall–Kier alpha value is -3.82. The number of amides is 1. The van der Waals surface area contributed by atoms with E-state index >= 15 is 0 Å². The number of carbonyl (C=O) groups is 1. The Labute approximate surface area is 167 Å². The molecule has 0 fully saturated rings. The van der Waals surface area contributed by atoms with Gasteiger partial charge in [-0.3, -0.25) is 14.9 Å². The lowest BCUT2D eigenvalue weighted by Gasteiger charge is -2.14. The third-order valence-electron chi connectivity index (χ3n) is 3.84. The van der Waals surface area contributed by atoms with E-state index in [4.69, 9.17) is 9.47 Å². The number of methoxy groups -OCH3 is 1. The monoisotopic (exact) mass is 402 g/mol. The maximum absolute atomic E-state index is 12.2. The number of nitro benzene ring substituents is 1. The van der Waals surface area contributed by atoms with Crippen molar-refractivity contribution >= 4 is 23.5 Å². The standard InChI is InChI=1S/C19H22N4O6/c1-4-29-16-7-5-14(6-8-16)21-12(2)19(25)22-20-11-13-9-15(23(26)27)10-17(28-3)18(13)24/h5-12,21,24H,4H2,1-3H3,(H,22,25)/b20-11+. The van der Waals surface area contributed by atoms with E-state index in [9.17, 15) is 20.0 Å². The summed E-state index contributed by atoms with van der Waals surface area (Å²) in [7, 11) is 1.27. The molecule has 1 atom stereocenters. The van der Waals surface area contributed by atoms with E-state index in [1.54, 1.807) is 31.2 Å². The highest BCUT2D eigenvalue weighted by atomic mass is 16.6. The first kappa shape index (κ1) is 21.5. The molecule has 1 amide bonds. The lowest BCUT2D eigenvalue weighted by molar-refractivity contribution is -0.385. The van der Waals surface area contributed by atoms with Gasteiger partial charge in [-0.25, -0.2) is 5.43 Å². The fourth-order valence-electron chi connectivity index (χ4n) is 2.37. The molecule has 0 saturated heterocycles. The number of nitrogens with zero attached hydrogens (tertiary/aromatic N) is 2. The van der Waals surface area contributed by atoms with Gasteiger partial charge in [-0.15, -0.1) is 0 Å². The van der Waals surface area contributed by atoms with Crippen LogP contribution < -0.4 is 20.2 Å². The van der Waals surface area contributed by atoms with Crippen molar-refractivity contribution in [2.75, 3.05) is 19.0 Å². The summed E-state index contributed by atoms with van der Waals surface area (Å²) in [5, 5.41) is 27.8. The van der Waals surface area contributed by atoms with Crippen LogP contribution in [-0.4, -0.2) is 41.9 Å². The van der Waals surface area contributed by atoms with Gasteiger partial charge in [-0.2, -0.15) is 5.10 Å². The lowest BCUT2D eigenvalue weighted by Crippen LogP contribution is -2.34. The van der Waals surface area contributed by atoms with Crippen molar-refractivity contribution in [2.45, 2.75) is 19.9 Å². The van der Waals surface area contributed by atoms with Crippen LogP contribution in [0.4, 0.5) is 11.4 Å². The van der Waals surface area contributed by atoms with Crippen LogP contribution in [0.5, 0.6) is 17.2 Å². The lowest BCUT2D eigenvalue weighted by atomic mass is 10.2. The van der Waals surface area contributed by atoms with Gasteiger partial charge in [-0.05, 0) is 38.1 Å². The van der Waals surface area contributed by atoms with Gasteiger partial charge in [0.1, 0.15) is 11.8 Å². The molecule has 0 spiro atoms. The molecule has 10 heteroatoms. The minimum atomic E-state index is -0.624. The Morgan fingerprint density at radius 3 is 2.62 bits per heavy atom. The van der Waals surface area contributed by atoms with E-state index in [2.05, 4.69) is 15.8 Å². The highest BCUT2D eigenvalue weighted by Crippen LogP contribution is 2.33. The summed E-state index contributed by atoms with van der Waals surface area (Å²) < 4.78 is 10.3. The van der Waals surface area contributed by atoms with Crippen LogP contribution in [0.2, 0.25) is 0 Å². The molecule has 29 heavy (non-hydrogen) atoms. The third-order valence-corrected chi connectivity index (χ3v) is 3.84. The number of hydrazone groups is 1. The fourth-order valence-corrected chi connectivity index (χ4v) is 2.37. The number of carbonyl (C=O) groups excluding carboxylic acids is 1. The van der Waals surface area contributed by atoms with Gasteiger partial charge < -0.3 is 19.9 Å². The summed E-state index contributed by atoms with van der Waals surface area (Å²) >= 11 is 0. The van der Waals surface area contributed by atoms with Crippen molar-refractivity contribution in [2.24, 2.45) is 5.10 Å². The number of hydrogen-bond donors (Lipinski definition) is 3. The molecule has 0 radical (unpaired) electrons. The van der Waals surface area contributed by atoms with Crippen LogP contribution in [0.25, 0.3) is 0 Å². The highest BCUT2D eigenvalue weighted by molar-refractivity contribution is 5.89. The third kappa shape index (κ3) is 5.83. The van der Waals surface area contributed by atoms with E-state index in [0.717, 1.165) is 29.8 Å². The molecule has 2 rings (SSSR count). The zero-order valence-electron chi connectivity index (χ0n) is 16.2. The summed E-state index contributed by atoms with van der Waals surface area (Å²) in [6.45, 7) is 4.10. The molecule has 10 nitrogen and oxygen atoms in total. The summed E-state index contributed by atoms with van der Waals surface area (Å²) in [6.07, 6.45) is 1.10. The van der Waals surface area contributed by atoms with Gasteiger partial charge in [0.25, 0.3) is 11.6 Å². The topological polar surface area (TPSA) is 135 Å². The van der Waals surface area contributed by atoms with Crippen LogP contribution >= 0.6 is 0 Å². The van der Waals surface area contributed by atoms with Crippen molar-refractivity contribution in [3.05, 3.63) is 52.1 Å². The molecule has 2 aromatic carbocycles. The molecule has 2 aromatic rings. The summed E-state index contributed by atoms with van der Waals surface area (Å²) in [5.41, 5.74) is 2.79.